The van der Waals surface area contributed by atoms with Gasteiger partial charge in [-0.15, -0.1) is 11.3 Å². The van der Waals surface area contributed by atoms with Crippen molar-refractivity contribution in [1.82, 2.24) is 5.32 Å². The Balaban J connectivity index is 2.02. The first kappa shape index (κ1) is 14.1. The van der Waals surface area contributed by atoms with Crippen molar-refractivity contribution in [1.29, 1.82) is 0 Å². The van der Waals surface area contributed by atoms with Gasteiger partial charge in [-0.2, -0.15) is 0 Å². The highest BCUT2D eigenvalue weighted by Gasteiger charge is 2.27. The van der Waals surface area contributed by atoms with Crippen LogP contribution in [-0.2, 0) is 0 Å². The molecule has 1 saturated carbocycles. The van der Waals surface area contributed by atoms with Crippen molar-refractivity contribution >= 4 is 11.3 Å². The highest BCUT2D eigenvalue weighted by atomic mass is 32.1. The van der Waals surface area contributed by atoms with Crippen LogP contribution in [-0.4, -0.2) is 6.54 Å². The summed E-state index contributed by atoms with van der Waals surface area (Å²) in [6.45, 7) is 7.86. The minimum atomic E-state index is 0.595. The fourth-order valence-electron chi connectivity index (χ4n) is 3.33. The average molecular weight is 265 g/mol. The summed E-state index contributed by atoms with van der Waals surface area (Å²) in [6.07, 6.45) is 7.06. The Morgan fingerprint density at radius 1 is 1.28 bits per heavy atom. The van der Waals surface area contributed by atoms with E-state index in [0.717, 1.165) is 18.4 Å². The minimum absolute atomic E-state index is 0.595. The second kappa shape index (κ2) is 6.72. The van der Waals surface area contributed by atoms with E-state index >= 15 is 0 Å². The summed E-state index contributed by atoms with van der Waals surface area (Å²) < 4.78 is 0. The molecule has 102 valence electrons. The lowest BCUT2D eigenvalue weighted by molar-refractivity contribution is 0.220. The zero-order valence-corrected chi connectivity index (χ0v) is 12.9. The van der Waals surface area contributed by atoms with Crippen molar-refractivity contribution < 1.29 is 0 Å². The molecule has 1 aliphatic rings. The monoisotopic (exact) mass is 265 g/mol. The van der Waals surface area contributed by atoms with Crippen molar-refractivity contribution in [3.8, 4) is 0 Å². The molecule has 0 saturated heterocycles. The lowest BCUT2D eigenvalue weighted by Crippen LogP contribution is -2.30. The Labute approximate surface area is 116 Å². The van der Waals surface area contributed by atoms with Crippen molar-refractivity contribution in [3.63, 3.8) is 0 Å². The van der Waals surface area contributed by atoms with Gasteiger partial charge in [0.15, 0.2) is 0 Å². The van der Waals surface area contributed by atoms with E-state index in [2.05, 4.69) is 37.5 Å². The van der Waals surface area contributed by atoms with E-state index in [-0.39, 0.29) is 0 Å². The lowest BCUT2D eigenvalue weighted by atomic mass is 9.76. The molecule has 1 fully saturated rings. The molecule has 1 aliphatic carbocycles. The van der Waals surface area contributed by atoms with Crippen LogP contribution >= 0.6 is 11.3 Å². The van der Waals surface area contributed by atoms with Crippen LogP contribution < -0.4 is 5.32 Å². The first-order valence-electron chi connectivity index (χ1n) is 7.53. The molecule has 1 nitrogen and oxygen atoms in total. The van der Waals surface area contributed by atoms with Crippen molar-refractivity contribution in [2.75, 3.05) is 6.54 Å². The molecule has 2 rings (SSSR count). The van der Waals surface area contributed by atoms with E-state index in [1.165, 1.54) is 42.5 Å². The Bertz CT molecular complexity index is 350. The number of nitrogens with one attached hydrogen (secondary N) is 1. The van der Waals surface area contributed by atoms with Gasteiger partial charge in [0.2, 0.25) is 0 Å². The Hall–Kier alpha value is -0.340. The molecule has 0 aliphatic heterocycles. The van der Waals surface area contributed by atoms with Gasteiger partial charge < -0.3 is 5.32 Å². The molecule has 2 heteroatoms. The summed E-state index contributed by atoms with van der Waals surface area (Å²) in [5.74, 6) is 1.84. The van der Waals surface area contributed by atoms with Crippen molar-refractivity contribution in [2.45, 2.75) is 58.9 Å². The number of hydrogen-bond donors (Lipinski definition) is 1. The van der Waals surface area contributed by atoms with Gasteiger partial charge in [-0.1, -0.05) is 33.1 Å². The highest BCUT2D eigenvalue weighted by Crippen LogP contribution is 2.38. The van der Waals surface area contributed by atoms with E-state index in [0.29, 0.717) is 6.04 Å². The van der Waals surface area contributed by atoms with Crippen molar-refractivity contribution in [3.05, 3.63) is 21.9 Å². The van der Waals surface area contributed by atoms with Crippen LogP contribution in [0.15, 0.2) is 11.4 Å². The van der Waals surface area contributed by atoms with Crippen LogP contribution in [0, 0.1) is 18.8 Å². The van der Waals surface area contributed by atoms with E-state index in [1.807, 2.05) is 11.3 Å². The molecule has 1 aromatic rings. The topological polar surface area (TPSA) is 12.0 Å². The molecule has 1 heterocycles. The zero-order valence-electron chi connectivity index (χ0n) is 12.0. The number of aryl methyl sites for hydroxylation is 1. The summed E-state index contributed by atoms with van der Waals surface area (Å²) in [5, 5.41) is 6.08. The first-order chi connectivity index (χ1) is 8.74. The summed E-state index contributed by atoms with van der Waals surface area (Å²) in [5.41, 5.74) is 1.53. The third-order valence-electron chi connectivity index (χ3n) is 4.47. The zero-order chi connectivity index (χ0) is 13.0. The fraction of sp³-hybridized carbons (Fsp3) is 0.750. The fourth-order valence-corrected chi connectivity index (χ4v) is 4.07. The molecule has 1 unspecified atom stereocenters. The average Bonchev–Trinajstić information content (AvgIpc) is 2.82. The SMILES string of the molecule is CCNC(c1csc(C)c1)C1CCC(CC)CC1. The summed E-state index contributed by atoms with van der Waals surface area (Å²) in [4.78, 5) is 1.44. The van der Waals surface area contributed by atoms with E-state index in [4.69, 9.17) is 0 Å². The van der Waals surface area contributed by atoms with Gasteiger partial charge in [0.05, 0.1) is 0 Å². The third-order valence-corrected chi connectivity index (χ3v) is 5.35. The highest BCUT2D eigenvalue weighted by molar-refractivity contribution is 7.10. The summed E-state index contributed by atoms with van der Waals surface area (Å²) in [6, 6.07) is 2.97. The van der Waals surface area contributed by atoms with Gasteiger partial charge in [0, 0.05) is 10.9 Å². The molecule has 0 amide bonds. The van der Waals surface area contributed by atoms with Crippen molar-refractivity contribution in [2.24, 2.45) is 11.8 Å². The predicted molar refractivity (Wildman–Crippen MR) is 81.2 cm³/mol. The molecular formula is C16H27NS. The second-order valence-corrected chi connectivity index (χ2v) is 6.83. The number of thiophene rings is 1. The van der Waals surface area contributed by atoms with Gasteiger partial charge in [0.25, 0.3) is 0 Å². The molecule has 1 atom stereocenters. The molecule has 0 spiro atoms. The number of hydrogen-bond acceptors (Lipinski definition) is 2. The summed E-state index contributed by atoms with van der Waals surface area (Å²) >= 11 is 1.89. The third kappa shape index (κ3) is 3.36. The molecular weight excluding hydrogens is 238 g/mol. The Morgan fingerprint density at radius 3 is 2.50 bits per heavy atom. The van der Waals surface area contributed by atoms with E-state index < -0.39 is 0 Å². The van der Waals surface area contributed by atoms with Gasteiger partial charge >= 0.3 is 0 Å². The van der Waals surface area contributed by atoms with Crippen LogP contribution in [0.25, 0.3) is 0 Å². The van der Waals surface area contributed by atoms with Gasteiger partial charge in [-0.05, 0) is 55.2 Å². The molecule has 0 bridgehead atoms. The predicted octanol–water partition coefficient (Wildman–Crippen LogP) is 4.92. The Kier molecular flexibility index (Phi) is 5.25. The smallest absolute Gasteiger partial charge is 0.0356 e. The van der Waals surface area contributed by atoms with E-state index in [9.17, 15) is 0 Å². The molecule has 1 aromatic heterocycles. The maximum absolute atomic E-state index is 3.72. The molecule has 0 aromatic carbocycles. The van der Waals surface area contributed by atoms with Gasteiger partial charge in [-0.25, -0.2) is 0 Å². The maximum Gasteiger partial charge on any atom is 0.0356 e. The molecule has 18 heavy (non-hydrogen) atoms. The van der Waals surface area contributed by atoms with Crippen LogP contribution in [0.5, 0.6) is 0 Å². The van der Waals surface area contributed by atoms with Crippen LogP contribution in [0.3, 0.4) is 0 Å². The van der Waals surface area contributed by atoms with E-state index in [1.54, 1.807) is 0 Å². The van der Waals surface area contributed by atoms with Crippen LogP contribution in [0.2, 0.25) is 0 Å². The molecule has 0 radical (unpaired) electrons. The second-order valence-electron chi connectivity index (χ2n) is 5.72. The molecule has 1 N–H and O–H groups in total. The quantitative estimate of drug-likeness (QED) is 0.796. The minimum Gasteiger partial charge on any atom is -0.310 e. The van der Waals surface area contributed by atoms with Crippen LogP contribution in [0.1, 0.15) is 62.4 Å². The van der Waals surface area contributed by atoms with Gasteiger partial charge in [0.1, 0.15) is 0 Å². The number of rotatable bonds is 5. The maximum atomic E-state index is 3.72. The Morgan fingerprint density at radius 2 is 2.00 bits per heavy atom. The van der Waals surface area contributed by atoms with Gasteiger partial charge in [-0.3, -0.25) is 0 Å². The van der Waals surface area contributed by atoms with Crippen LogP contribution in [0.4, 0.5) is 0 Å². The standard InChI is InChI=1S/C16H27NS/c1-4-13-6-8-14(9-7-13)16(17-5-2)15-10-12(3)18-11-15/h10-11,13-14,16-17H,4-9H2,1-3H3. The normalized spacial score (nSPS) is 26.2. The first-order valence-corrected chi connectivity index (χ1v) is 8.41. The largest absolute Gasteiger partial charge is 0.310 e. The lowest BCUT2D eigenvalue weighted by Gasteiger charge is -2.34. The summed E-state index contributed by atoms with van der Waals surface area (Å²) in [7, 11) is 0.